The molecule has 2 aliphatic rings. The minimum atomic E-state index is 0.537. The van der Waals surface area contributed by atoms with Crippen LogP contribution in [0.1, 0.15) is 13.8 Å². The number of hydrogen-bond acceptors (Lipinski definition) is 1. The van der Waals surface area contributed by atoms with E-state index in [0.717, 1.165) is 0 Å². The molecule has 0 saturated heterocycles. The summed E-state index contributed by atoms with van der Waals surface area (Å²) in [5.74, 6) is 0.537. The van der Waals surface area contributed by atoms with Crippen LogP contribution in [0, 0.1) is 5.92 Å². The average molecular weight is 145 g/mol. The maximum atomic E-state index is 4.35. The summed E-state index contributed by atoms with van der Waals surface area (Å²) in [6, 6.07) is 0. The fraction of sp³-hybridized carbons (Fsp3) is 0.300. The Hall–Kier alpha value is -1.11. The number of hydrogen-bond donors (Lipinski definition) is 0. The highest BCUT2D eigenvalue weighted by Crippen LogP contribution is 2.27. The van der Waals surface area contributed by atoms with Gasteiger partial charge in [0.25, 0.3) is 0 Å². The molecule has 0 bridgehead atoms. The monoisotopic (exact) mass is 145 g/mol. The van der Waals surface area contributed by atoms with Gasteiger partial charge in [-0.05, 0) is 5.92 Å². The molecule has 0 radical (unpaired) electrons. The summed E-state index contributed by atoms with van der Waals surface area (Å²) < 4.78 is 0. The maximum absolute atomic E-state index is 4.35. The van der Waals surface area contributed by atoms with E-state index in [-0.39, 0.29) is 0 Å². The van der Waals surface area contributed by atoms with Crippen molar-refractivity contribution in [1.82, 2.24) is 0 Å². The van der Waals surface area contributed by atoms with Crippen LogP contribution >= 0.6 is 0 Å². The standard InChI is InChI=1S/C10H11N/c1-7(2)10-9-5-3-4-8(9)6-11-10/h3-7H,1-2H3. The van der Waals surface area contributed by atoms with Gasteiger partial charge in [-0.3, -0.25) is 4.99 Å². The largest absolute Gasteiger partial charge is 0.260 e. The minimum absolute atomic E-state index is 0.537. The van der Waals surface area contributed by atoms with E-state index in [1.165, 1.54) is 16.9 Å². The van der Waals surface area contributed by atoms with Crippen LogP contribution < -0.4 is 0 Å². The van der Waals surface area contributed by atoms with Crippen molar-refractivity contribution in [1.29, 1.82) is 0 Å². The van der Waals surface area contributed by atoms with Crippen LogP contribution in [0.15, 0.2) is 40.6 Å². The highest BCUT2D eigenvalue weighted by molar-refractivity contribution is 6.09. The Kier molecular flexibility index (Phi) is 1.31. The molecule has 1 aliphatic carbocycles. The summed E-state index contributed by atoms with van der Waals surface area (Å²) in [6.45, 7) is 4.35. The fourth-order valence-corrected chi connectivity index (χ4v) is 1.45. The third kappa shape index (κ3) is 0.881. The van der Waals surface area contributed by atoms with Gasteiger partial charge < -0.3 is 0 Å². The zero-order chi connectivity index (χ0) is 7.84. The molecule has 0 saturated carbocycles. The van der Waals surface area contributed by atoms with Crippen LogP contribution in [0.3, 0.4) is 0 Å². The van der Waals surface area contributed by atoms with E-state index < -0.39 is 0 Å². The van der Waals surface area contributed by atoms with Gasteiger partial charge in [0, 0.05) is 17.3 Å². The van der Waals surface area contributed by atoms with Crippen molar-refractivity contribution in [2.24, 2.45) is 10.9 Å². The van der Waals surface area contributed by atoms with Crippen molar-refractivity contribution in [2.45, 2.75) is 13.8 Å². The number of rotatable bonds is 1. The van der Waals surface area contributed by atoms with E-state index in [0.29, 0.717) is 5.92 Å². The second kappa shape index (κ2) is 2.19. The van der Waals surface area contributed by atoms with Crippen molar-refractivity contribution in [2.75, 3.05) is 0 Å². The third-order valence-electron chi connectivity index (χ3n) is 2.02. The van der Waals surface area contributed by atoms with E-state index in [1.54, 1.807) is 0 Å². The van der Waals surface area contributed by atoms with E-state index in [1.807, 2.05) is 6.20 Å². The van der Waals surface area contributed by atoms with Crippen molar-refractivity contribution in [3.63, 3.8) is 0 Å². The highest BCUT2D eigenvalue weighted by atomic mass is 14.8. The lowest BCUT2D eigenvalue weighted by Crippen LogP contribution is -2.07. The summed E-state index contributed by atoms with van der Waals surface area (Å²) in [6.07, 6.45) is 8.27. The first-order chi connectivity index (χ1) is 5.29. The topological polar surface area (TPSA) is 12.4 Å². The normalized spacial score (nSPS) is 20.1. The van der Waals surface area contributed by atoms with Gasteiger partial charge in [-0.25, -0.2) is 0 Å². The molecule has 0 aromatic carbocycles. The lowest BCUT2D eigenvalue weighted by Gasteiger charge is -2.05. The molecule has 0 spiro atoms. The van der Waals surface area contributed by atoms with E-state index >= 15 is 0 Å². The van der Waals surface area contributed by atoms with Gasteiger partial charge in [0.2, 0.25) is 0 Å². The third-order valence-corrected chi connectivity index (χ3v) is 2.02. The molecule has 1 heteroatoms. The first-order valence-electron chi connectivity index (χ1n) is 3.96. The lowest BCUT2D eigenvalue weighted by atomic mass is 9.99. The van der Waals surface area contributed by atoms with Gasteiger partial charge >= 0.3 is 0 Å². The molecule has 0 N–H and O–H groups in total. The fourth-order valence-electron chi connectivity index (χ4n) is 1.45. The highest BCUT2D eigenvalue weighted by Gasteiger charge is 2.19. The zero-order valence-electron chi connectivity index (χ0n) is 6.83. The van der Waals surface area contributed by atoms with Crippen LogP contribution in [0.2, 0.25) is 0 Å². The van der Waals surface area contributed by atoms with Crippen molar-refractivity contribution in [3.8, 4) is 0 Å². The molecule has 1 aliphatic heterocycles. The van der Waals surface area contributed by atoms with Crippen LogP contribution in [-0.2, 0) is 0 Å². The maximum Gasteiger partial charge on any atom is 0.0508 e. The summed E-state index contributed by atoms with van der Waals surface area (Å²) in [5, 5.41) is 0. The van der Waals surface area contributed by atoms with Gasteiger partial charge in [-0.2, -0.15) is 0 Å². The molecular formula is C10H11N. The molecule has 2 rings (SSSR count). The van der Waals surface area contributed by atoms with E-state index in [9.17, 15) is 0 Å². The second-order valence-electron chi connectivity index (χ2n) is 3.19. The van der Waals surface area contributed by atoms with E-state index in [4.69, 9.17) is 0 Å². The number of fused-ring (bicyclic) bond motifs is 1. The van der Waals surface area contributed by atoms with E-state index in [2.05, 4.69) is 37.1 Å². The summed E-state index contributed by atoms with van der Waals surface area (Å²) >= 11 is 0. The Labute approximate surface area is 66.8 Å². The number of allylic oxidation sites excluding steroid dienone is 5. The Morgan fingerprint density at radius 1 is 1.36 bits per heavy atom. The Morgan fingerprint density at radius 2 is 2.18 bits per heavy atom. The Balaban J connectivity index is 2.34. The number of nitrogens with zero attached hydrogens (tertiary/aromatic N) is 1. The lowest BCUT2D eigenvalue weighted by molar-refractivity contribution is 0.887. The second-order valence-corrected chi connectivity index (χ2v) is 3.19. The van der Waals surface area contributed by atoms with Crippen molar-refractivity contribution < 1.29 is 0 Å². The SMILES string of the molecule is CC(C)C1=NC=C2C=CC=C21. The van der Waals surface area contributed by atoms with Gasteiger partial charge in [0.15, 0.2) is 0 Å². The Bertz CT molecular complexity index is 301. The zero-order valence-corrected chi connectivity index (χ0v) is 6.83. The molecule has 0 aromatic heterocycles. The average Bonchev–Trinajstić information content (AvgIpc) is 2.41. The van der Waals surface area contributed by atoms with Crippen LogP contribution in [0.25, 0.3) is 0 Å². The molecule has 0 unspecified atom stereocenters. The number of aliphatic imine (C=N–C) groups is 1. The molecule has 1 heterocycles. The van der Waals surface area contributed by atoms with Crippen LogP contribution in [0.5, 0.6) is 0 Å². The minimum Gasteiger partial charge on any atom is -0.260 e. The molecule has 0 atom stereocenters. The van der Waals surface area contributed by atoms with Gasteiger partial charge in [-0.1, -0.05) is 32.1 Å². The van der Waals surface area contributed by atoms with Gasteiger partial charge in [-0.15, -0.1) is 0 Å². The molecule has 0 fully saturated rings. The predicted octanol–water partition coefficient (Wildman–Crippen LogP) is 2.48. The summed E-state index contributed by atoms with van der Waals surface area (Å²) in [5.41, 5.74) is 3.82. The van der Waals surface area contributed by atoms with Crippen LogP contribution in [-0.4, -0.2) is 5.71 Å². The quantitative estimate of drug-likeness (QED) is 0.537. The van der Waals surface area contributed by atoms with Crippen molar-refractivity contribution in [3.05, 3.63) is 35.6 Å². The Morgan fingerprint density at radius 3 is 2.91 bits per heavy atom. The molecule has 11 heavy (non-hydrogen) atoms. The summed E-state index contributed by atoms with van der Waals surface area (Å²) in [7, 11) is 0. The van der Waals surface area contributed by atoms with Gasteiger partial charge in [0.05, 0.1) is 5.71 Å². The molecule has 1 nitrogen and oxygen atoms in total. The summed E-state index contributed by atoms with van der Waals surface area (Å²) in [4.78, 5) is 4.35. The molecule has 56 valence electrons. The smallest absolute Gasteiger partial charge is 0.0508 e. The van der Waals surface area contributed by atoms with Gasteiger partial charge in [0.1, 0.15) is 0 Å². The predicted molar refractivity (Wildman–Crippen MR) is 47.6 cm³/mol. The first-order valence-corrected chi connectivity index (χ1v) is 3.96. The molecule has 0 amide bonds. The molecule has 0 aromatic rings. The van der Waals surface area contributed by atoms with Crippen molar-refractivity contribution >= 4 is 5.71 Å². The molecular weight excluding hydrogens is 134 g/mol. The first kappa shape index (κ1) is 6.59. The van der Waals surface area contributed by atoms with Crippen LogP contribution in [0.4, 0.5) is 0 Å².